The maximum Gasteiger partial charge on any atom is 0.279 e. The molecule has 0 atom stereocenters. The number of nitrogens with zero attached hydrogens (tertiary/aromatic N) is 1. The minimum Gasteiger partial charge on any atom is -0.298 e. The Morgan fingerprint density at radius 1 is 1.11 bits per heavy atom. The van der Waals surface area contributed by atoms with Gasteiger partial charge in [0.2, 0.25) is 0 Å². The number of aldehydes is 1. The lowest BCUT2D eigenvalue weighted by molar-refractivity contribution is -0.385. The third-order valence-corrected chi connectivity index (χ3v) is 3.58. The van der Waals surface area contributed by atoms with E-state index >= 15 is 0 Å². The summed E-state index contributed by atoms with van der Waals surface area (Å²) < 4.78 is 0. The van der Waals surface area contributed by atoms with Crippen LogP contribution >= 0.6 is 11.8 Å². The van der Waals surface area contributed by atoms with E-state index < -0.39 is 4.92 Å². The van der Waals surface area contributed by atoms with Crippen molar-refractivity contribution in [1.82, 2.24) is 0 Å². The number of hydrogen-bond donors (Lipinski definition) is 0. The summed E-state index contributed by atoms with van der Waals surface area (Å²) in [5.41, 5.74) is 1.10. The van der Waals surface area contributed by atoms with Crippen molar-refractivity contribution in [3.8, 4) is 0 Å². The van der Waals surface area contributed by atoms with Crippen LogP contribution in [0.25, 0.3) is 0 Å². The van der Waals surface area contributed by atoms with Gasteiger partial charge in [-0.25, -0.2) is 0 Å². The van der Waals surface area contributed by atoms with Gasteiger partial charge in [0.15, 0.2) is 6.29 Å². The second kappa shape index (κ2) is 5.67. The highest BCUT2D eigenvalue weighted by molar-refractivity contribution is 7.99. The van der Waals surface area contributed by atoms with Gasteiger partial charge in [-0.15, -0.1) is 0 Å². The highest BCUT2D eigenvalue weighted by Gasteiger charge is 2.13. The fourth-order valence-corrected chi connectivity index (χ4v) is 2.47. The van der Waals surface area contributed by atoms with Crippen molar-refractivity contribution in [1.29, 1.82) is 0 Å². The van der Waals surface area contributed by atoms with Gasteiger partial charge in [0.05, 0.1) is 10.5 Å². The average Bonchev–Trinajstić information content (AvgIpc) is 2.41. The van der Waals surface area contributed by atoms with Gasteiger partial charge in [-0.3, -0.25) is 14.9 Å². The number of nitro groups is 1. The molecule has 0 aromatic heterocycles. The normalized spacial score (nSPS) is 10.2. The maximum atomic E-state index is 10.9. The molecule has 0 unspecified atom stereocenters. The van der Waals surface area contributed by atoms with E-state index in [-0.39, 0.29) is 11.3 Å². The molecule has 0 radical (unpaired) electrons. The van der Waals surface area contributed by atoms with Crippen LogP contribution in [0.15, 0.2) is 52.3 Å². The first-order valence-electron chi connectivity index (χ1n) is 5.58. The first-order chi connectivity index (χ1) is 9.10. The Morgan fingerprint density at radius 3 is 2.32 bits per heavy atom. The third kappa shape index (κ3) is 3.20. The Kier molecular flexibility index (Phi) is 3.97. The van der Waals surface area contributed by atoms with E-state index in [0.717, 1.165) is 9.79 Å². The molecule has 0 saturated carbocycles. The molecule has 0 N–H and O–H groups in total. The summed E-state index contributed by atoms with van der Waals surface area (Å²) in [4.78, 5) is 22.9. The largest absolute Gasteiger partial charge is 0.298 e. The Hall–Kier alpha value is -2.14. The molecule has 0 bridgehead atoms. The van der Waals surface area contributed by atoms with E-state index in [1.807, 2.05) is 31.2 Å². The fraction of sp³-hybridized carbons (Fsp3) is 0.0714. The van der Waals surface area contributed by atoms with Crippen LogP contribution in [0.3, 0.4) is 0 Å². The monoisotopic (exact) mass is 273 g/mol. The van der Waals surface area contributed by atoms with Gasteiger partial charge < -0.3 is 0 Å². The molecule has 96 valence electrons. The first-order valence-corrected chi connectivity index (χ1v) is 6.40. The topological polar surface area (TPSA) is 60.2 Å². The molecular formula is C14H11NO3S. The summed E-state index contributed by atoms with van der Waals surface area (Å²) in [7, 11) is 0. The smallest absolute Gasteiger partial charge is 0.279 e. The zero-order chi connectivity index (χ0) is 13.8. The molecule has 2 rings (SSSR count). The molecule has 4 nitrogen and oxygen atoms in total. The lowest BCUT2D eigenvalue weighted by atomic mass is 10.2. The van der Waals surface area contributed by atoms with E-state index in [1.54, 1.807) is 6.07 Å². The van der Waals surface area contributed by atoms with Gasteiger partial charge in [-0.2, -0.15) is 0 Å². The van der Waals surface area contributed by atoms with Gasteiger partial charge >= 0.3 is 0 Å². The molecular weight excluding hydrogens is 262 g/mol. The predicted molar refractivity (Wildman–Crippen MR) is 73.8 cm³/mol. The second-order valence-electron chi connectivity index (χ2n) is 4.01. The van der Waals surface area contributed by atoms with Crippen molar-refractivity contribution < 1.29 is 9.72 Å². The van der Waals surface area contributed by atoms with Gasteiger partial charge in [-0.1, -0.05) is 29.5 Å². The quantitative estimate of drug-likeness (QED) is 0.482. The molecule has 0 spiro atoms. The van der Waals surface area contributed by atoms with Crippen molar-refractivity contribution >= 4 is 23.7 Å². The standard InChI is InChI=1S/C14H11NO3S/c1-10-2-4-12(5-3-10)19-13-6-7-14(15(17)18)11(8-13)9-16/h2-9H,1H3. The van der Waals surface area contributed by atoms with Crippen molar-refractivity contribution in [3.05, 3.63) is 63.7 Å². The number of hydrogen-bond acceptors (Lipinski definition) is 4. The van der Waals surface area contributed by atoms with E-state index in [4.69, 9.17) is 0 Å². The van der Waals surface area contributed by atoms with Crippen molar-refractivity contribution in [2.75, 3.05) is 0 Å². The summed E-state index contributed by atoms with van der Waals surface area (Å²) in [5.74, 6) is 0. The van der Waals surface area contributed by atoms with Crippen LogP contribution in [0.2, 0.25) is 0 Å². The number of rotatable bonds is 4. The van der Waals surface area contributed by atoms with E-state index in [2.05, 4.69) is 0 Å². The third-order valence-electron chi connectivity index (χ3n) is 2.58. The Bertz CT molecular complexity index is 623. The Morgan fingerprint density at radius 2 is 1.74 bits per heavy atom. The van der Waals surface area contributed by atoms with Crippen LogP contribution in [0.4, 0.5) is 5.69 Å². The molecule has 0 aliphatic carbocycles. The summed E-state index contributed by atoms with van der Waals surface area (Å²) in [6.07, 6.45) is 0.511. The van der Waals surface area contributed by atoms with Crippen LogP contribution in [-0.2, 0) is 0 Å². The van der Waals surface area contributed by atoms with Crippen LogP contribution in [0.1, 0.15) is 15.9 Å². The fourth-order valence-electron chi connectivity index (χ4n) is 1.60. The van der Waals surface area contributed by atoms with E-state index in [1.165, 1.54) is 29.5 Å². The lowest BCUT2D eigenvalue weighted by Crippen LogP contribution is -1.94. The van der Waals surface area contributed by atoms with Crippen LogP contribution in [0.5, 0.6) is 0 Å². The molecule has 2 aromatic carbocycles. The number of carbonyl (C=O) groups excluding carboxylic acids is 1. The summed E-state index contributed by atoms with van der Waals surface area (Å²) in [6, 6.07) is 12.5. The lowest BCUT2D eigenvalue weighted by Gasteiger charge is -2.03. The van der Waals surface area contributed by atoms with E-state index in [0.29, 0.717) is 6.29 Å². The molecule has 0 aliphatic rings. The minimum atomic E-state index is -0.552. The molecule has 0 saturated heterocycles. The second-order valence-corrected chi connectivity index (χ2v) is 5.16. The van der Waals surface area contributed by atoms with Gasteiger partial charge in [0, 0.05) is 15.9 Å². The molecule has 0 heterocycles. The molecule has 0 amide bonds. The number of carbonyl (C=O) groups is 1. The van der Waals surface area contributed by atoms with Crippen LogP contribution < -0.4 is 0 Å². The number of aryl methyl sites for hydroxylation is 1. The average molecular weight is 273 g/mol. The van der Waals surface area contributed by atoms with Crippen molar-refractivity contribution in [3.63, 3.8) is 0 Å². The summed E-state index contributed by atoms with van der Waals surface area (Å²) in [6.45, 7) is 2.00. The molecule has 5 heteroatoms. The Balaban J connectivity index is 2.29. The molecule has 0 aliphatic heterocycles. The minimum absolute atomic E-state index is 0.0992. The Labute approximate surface area is 114 Å². The van der Waals surface area contributed by atoms with Gasteiger partial charge in [0.25, 0.3) is 5.69 Å². The number of benzene rings is 2. The maximum absolute atomic E-state index is 10.9. The van der Waals surface area contributed by atoms with Crippen molar-refractivity contribution in [2.45, 2.75) is 16.7 Å². The number of nitro benzene ring substituents is 1. The highest BCUT2D eigenvalue weighted by atomic mass is 32.2. The SMILES string of the molecule is Cc1ccc(Sc2ccc([N+](=O)[O-])c(C=O)c2)cc1. The molecule has 2 aromatic rings. The summed E-state index contributed by atoms with van der Waals surface area (Å²) >= 11 is 1.46. The van der Waals surface area contributed by atoms with Crippen molar-refractivity contribution in [2.24, 2.45) is 0 Å². The predicted octanol–water partition coefficient (Wildman–Crippen LogP) is 3.87. The van der Waals surface area contributed by atoms with Crippen LogP contribution in [0, 0.1) is 17.0 Å². The first kappa shape index (κ1) is 13.3. The van der Waals surface area contributed by atoms with Gasteiger partial charge in [0.1, 0.15) is 0 Å². The van der Waals surface area contributed by atoms with E-state index in [9.17, 15) is 14.9 Å². The molecule has 19 heavy (non-hydrogen) atoms. The zero-order valence-corrected chi connectivity index (χ0v) is 11.0. The van der Waals surface area contributed by atoms with Gasteiger partial charge in [-0.05, 0) is 31.2 Å². The zero-order valence-electron chi connectivity index (χ0n) is 10.2. The molecule has 0 fully saturated rings. The van der Waals surface area contributed by atoms with Crippen LogP contribution in [-0.4, -0.2) is 11.2 Å². The highest BCUT2D eigenvalue weighted by Crippen LogP contribution is 2.30. The summed E-state index contributed by atoms with van der Waals surface area (Å²) in [5, 5.41) is 10.7.